The van der Waals surface area contributed by atoms with Gasteiger partial charge in [-0.1, -0.05) is 36.4 Å². The summed E-state index contributed by atoms with van der Waals surface area (Å²) in [6.45, 7) is 0.671. The molecule has 2 aromatic heterocycles. The van der Waals surface area contributed by atoms with Crippen LogP contribution in [-0.4, -0.2) is 20.3 Å². The van der Waals surface area contributed by atoms with Gasteiger partial charge >= 0.3 is 0 Å². The first-order valence-corrected chi connectivity index (χ1v) is 9.96. The topological polar surface area (TPSA) is 68.9 Å². The van der Waals surface area contributed by atoms with Crippen molar-refractivity contribution in [1.29, 1.82) is 0 Å². The third kappa shape index (κ3) is 4.97. The first-order valence-electron chi connectivity index (χ1n) is 9.96. The number of rotatable bonds is 7. The largest absolute Gasteiger partial charge is 0.348 e. The minimum absolute atomic E-state index is 0.0586. The van der Waals surface area contributed by atoms with E-state index in [2.05, 4.69) is 10.4 Å². The average Bonchev–Trinajstić information content (AvgIpc) is 3.25. The highest BCUT2D eigenvalue weighted by Gasteiger charge is 2.13. The summed E-state index contributed by atoms with van der Waals surface area (Å²) in [7, 11) is 0. The third-order valence-corrected chi connectivity index (χ3v) is 5.00. The lowest BCUT2D eigenvalue weighted by Crippen LogP contribution is -2.23. The van der Waals surface area contributed by atoms with E-state index in [1.54, 1.807) is 27.7 Å². The fourth-order valence-corrected chi connectivity index (χ4v) is 3.26. The molecule has 0 atom stereocenters. The van der Waals surface area contributed by atoms with Crippen LogP contribution in [0.25, 0.3) is 0 Å². The van der Waals surface area contributed by atoms with E-state index in [0.717, 1.165) is 23.3 Å². The molecular formula is C24H20F2N4O2. The molecule has 0 fully saturated rings. The van der Waals surface area contributed by atoms with Crippen molar-refractivity contribution >= 4 is 5.91 Å². The van der Waals surface area contributed by atoms with E-state index in [9.17, 15) is 18.4 Å². The van der Waals surface area contributed by atoms with Crippen LogP contribution in [0.1, 0.15) is 27.0 Å². The lowest BCUT2D eigenvalue weighted by atomic mass is 10.1. The molecule has 4 aromatic rings. The molecule has 2 aromatic carbocycles. The number of carbonyl (C=O) groups is 1. The SMILES string of the molecule is O=C(NCc1c(F)cccc1F)c1cnn(Cc2ccc(Cn3ccccc3=O)cc2)c1. The number of carbonyl (C=O) groups excluding carboxylic acids is 1. The van der Waals surface area contributed by atoms with Crippen molar-refractivity contribution in [1.82, 2.24) is 19.7 Å². The van der Waals surface area contributed by atoms with Gasteiger partial charge in [0.05, 0.1) is 24.8 Å². The zero-order chi connectivity index (χ0) is 22.5. The van der Waals surface area contributed by atoms with Crippen LogP contribution in [-0.2, 0) is 19.6 Å². The lowest BCUT2D eigenvalue weighted by molar-refractivity contribution is 0.0950. The number of aromatic nitrogens is 3. The maximum Gasteiger partial charge on any atom is 0.254 e. The van der Waals surface area contributed by atoms with Crippen LogP contribution in [0.4, 0.5) is 8.78 Å². The number of benzene rings is 2. The number of pyridine rings is 1. The maximum atomic E-state index is 13.7. The highest BCUT2D eigenvalue weighted by atomic mass is 19.1. The number of hydrogen-bond donors (Lipinski definition) is 1. The van der Waals surface area contributed by atoms with Gasteiger partial charge in [-0.05, 0) is 29.3 Å². The second kappa shape index (κ2) is 9.38. The molecule has 32 heavy (non-hydrogen) atoms. The molecule has 2 heterocycles. The summed E-state index contributed by atoms with van der Waals surface area (Å²) < 4.78 is 30.6. The van der Waals surface area contributed by atoms with Gasteiger partial charge in [-0.25, -0.2) is 8.78 Å². The Morgan fingerprint density at radius 2 is 1.59 bits per heavy atom. The van der Waals surface area contributed by atoms with Crippen LogP contribution in [0, 0.1) is 11.6 Å². The highest BCUT2D eigenvalue weighted by Crippen LogP contribution is 2.12. The fraction of sp³-hybridized carbons (Fsp3) is 0.125. The molecule has 0 saturated heterocycles. The molecule has 1 amide bonds. The number of nitrogens with one attached hydrogen (secondary N) is 1. The van der Waals surface area contributed by atoms with Gasteiger partial charge in [-0.2, -0.15) is 5.10 Å². The minimum Gasteiger partial charge on any atom is -0.348 e. The van der Waals surface area contributed by atoms with E-state index in [1.807, 2.05) is 30.3 Å². The smallest absolute Gasteiger partial charge is 0.254 e. The second-order valence-electron chi connectivity index (χ2n) is 7.29. The Hall–Kier alpha value is -4.07. The predicted octanol–water partition coefficient (Wildman–Crippen LogP) is 3.35. The number of amides is 1. The molecule has 1 N–H and O–H groups in total. The minimum atomic E-state index is -0.707. The maximum absolute atomic E-state index is 13.7. The summed E-state index contributed by atoms with van der Waals surface area (Å²) in [6.07, 6.45) is 4.72. The first kappa shape index (κ1) is 21.2. The van der Waals surface area contributed by atoms with E-state index in [-0.39, 0.29) is 17.7 Å². The molecule has 8 heteroatoms. The van der Waals surface area contributed by atoms with Crippen molar-refractivity contribution in [2.75, 3.05) is 0 Å². The summed E-state index contributed by atoms with van der Waals surface area (Å²) in [4.78, 5) is 24.1. The number of halogens is 2. The third-order valence-electron chi connectivity index (χ3n) is 5.00. The molecule has 0 aliphatic rings. The molecule has 0 bridgehead atoms. The van der Waals surface area contributed by atoms with Crippen LogP contribution in [0.15, 0.2) is 84.0 Å². The molecule has 162 valence electrons. The quantitative estimate of drug-likeness (QED) is 0.485. The van der Waals surface area contributed by atoms with Crippen LogP contribution in [0.3, 0.4) is 0 Å². The predicted molar refractivity (Wildman–Crippen MR) is 115 cm³/mol. The van der Waals surface area contributed by atoms with Crippen LogP contribution in [0.5, 0.6) is 0 Å². The van der Waals surface area contributed by atoms with E-state index in [1.165, 1.54) is 18.3 Å². The molecule has 0 radical (unpaired) electrons. The molecule has 0 aliphatic heterocycles. The van der Waals surface area contributed by atoms with Crippen molar-refractivity contribution in [3.8, 4) is 0 Å². The number of nitrogens with zero attached hydrogens (tertiary/aromatic N) is 3. The van der Waals surface area contributed by atoms with Gasteiger partial charge in [0.15, 0.2) is 0 Å². The van der Waals surface area contributed by atoms with Gasteiger partial charge in [0.1, 0.15) is 11.6 Å². The molecule has 0 spiro atoms. The Balaban J connectivity index is 1.36. The van der Waals surface area contributed by atoms with Gasteiger partial charge in [0, 0.05) is 30.6 Å². The normalized spacial score (nSPS) is 10.8. The molecular weight excluding hydrogens is 414 g/mol. The van der Waals surface area contributed by atoms with Crippen LogP contribution in [0.2, 0.25) is 0 Å². The first-order chi connectivity index (χ1) is 15.5. The van der Waals surface area contributed by atoms with Crippen LogP contribution >= 0.6 is 0 Å². The van der Waals surface area contributed by atoms with Crippen molar-refractivity contribution in [2.45, 2.75) is 19.6 Å². The summed E-state index contributed by atoms with van der Waals surface area (Å²) in [5.74, 6) is -1.88. The molecule has 0 aliphatic carbocycles. The Bertz CT molecular complexity index is 1280. The van der Waals surface area contributed by atoms with Gasteiger partial charge in [0.2, 0.25) is 0 Å². The van der Waals surface area contributed by atoms with E-state index < -0.39 is 17.5 Å². The monoisotopic (exact) mass is 434 g/mol. The summed E-state index contributed by atoms with van der Waals surface area (Å²) in [5.41, 5.74) is 2.00. The van der Waals surface area contributed by atoms with Crippen LogP contribution < -0.4 is 10.9 Å². The summed E-state index contributed by atoms with van der Waals surface area (Å²) in [6, 6.07) is 16.4. The summed E-state index contributed by atoms with van der Waals surface area (Å²) in [5, 5.41) is 6.70. The molecule has 4 rings (SSSR count). The van der Waals surface area contributed by atoms with E-state index in [4.69, 9.17) is 0 Å². The number of hydrogen-bond acceptors (Lipinski definition) is 3. The molecule has 0 unspecified atom stereocenters. The van der Waals surface area contributed by atoms with Crippen molar-refractivity contribution in [3.63, 3.8) is 0 Å². The van der Waals surface area contributed by atoms with E-state index >= 15 is 0 Å². The Morgan fingerprint density at radius 1 is 0.906 bits per heavy atom. The fourth-order valence-electron chi connectivity index (χ4n) is 3.26. The Kier molecular flexibility index (Phi) is 6.21. The zero-order valence-electron chi connectivity index (χ0n) is 17.0. The standard InChI is InChI=1S/C24H20F2N4O2/c25-21-4-3-5-22(26)20(21)13-27-24(32)19-12-28-30(16-19)15-18-9-7-17(8-10-18)14-29-11-2-1-6-23(29)31/h1-12,16H,13-15H2,(H,27,32). The van der Waals surface area contributed by atoms with Crippen molar-refractivity contribution in [3.05, 3.63) is 123 Å². The highest BCUT2D eigenvalue weighted by molar-refractivity contribution is 5.93. The Labute approximate surface area is 182 Å². The van der Waals surface area contributed by atoms with Crippen molar-refractivity contribution < 1.29 is 13.6 Å². The molecule has 6 nitrogen and oxygen atoms in total. The van der Waals surface area contributed by atoms with Gasteiger partial charge in [0.25, 0.3) is 11.5 Å². The zero-order valence-corrected chi connectivity index (χ0v) is 17.0. The van der Waals surface area contributed by atoms with E-state index in [0.29, 0.717) is 18.7 Å². The molecule has 0 saturated carbocycles. The lowest BCUT2D eigenvalue weighted by Gasteiger charge is -2.07. The van der Waals surface area contributed by atoms with Gasteiger partial charge in [-0.3, -0.25) is 14.3 Å². The average molecular weight is 434 g/mol. The van der Waals surface area contributed by atoms with Crippen molar-refractivity contribution in [2.24, 2.45) is 0 Å². The second-order valence-corrected chi connectivity index (χ2v) is 7.29. The Morgan fingerprint density at radius 3 is 2.28 bits per heavy atom. The summed E-state index contributed by atoms with van der Waals surface area (Å²) >= 11 is 0. The van der Waals surface area contributed by atoms with Gasteiger partial charge in [-0.15, -0.1) is 0 Å². The van der Waals surface area contributed by atoms with Gasteiger partial charge < -0.3 is 9.88 Å².